The second kappa shape index (κ2) is 11.5. The van der Waals surface area contributed by atoms with Crippen LogP contribution in [0.2, 0.25) is 0 Å². The van der Waals surface area contributed by atoms with Crippen molar-refractivity contribution in [3.63, 3.8) is 0 Å². The van der Waals surface area contributed by atoms with E-state index in [-0.39, 0.29) is 0 Å². The standard InChI is InChI=1S/C14H22N4O/c15-18-17-10-3-1-2-4-11-19-12-6-8-14-7-5-9-16-13-14/h5,7,9,13H,1-4,6,8,10-12H2. The molecule has 5 nitrogen and oxygen atoms in total. The number of pyridine rings is 1. The minimum absolute atomic E-state index is 0.614. The molecule has 0 amide bonds. The van der Waals surface area contributed by atoms with Crippen molar-refractivity contribution in [3.8, 4) is 0 Å². The maximum absolute atomic E-state index is 8.11. The predicted molar refractivity (Wildman–Crippen MR) is 75.9 cm³/mol. The molecule has 104 valence electrons. The maximum Gasteiger partial charge on any atom is 0.0469 e. The number of ether oxygens (including phenoxy) is 1. The van der Waals surface area contributed by atoms with E-state index < -0.39 is 0 Å². The Morgan fingerprint density at radius 2 is 2.00 bits per heavy atom. The van der Waals surface area contributed by atoms with E-state index in [1.54, 1.807) is 6.20 Å². The minimum Gasteiger partial charge on any atom is -0.381 e. The lowest BCUT2D eigenvalue weighted by molar-refractivity contribution is 0.128. The second-order valence-corrected chi connectivity index (χ2v) is 4.45. The van der Waals surface area contributed by atoms with E-state index in [1.807, 2.05) is 12.3 Å². The zero-order valence-corrected chi connectivity index (χ0v) is 11.4. The Bertz CT molecular complexity index is 363. The van der Waals surface area contributed by atoms with Crippen molar-refractivity contribution in [2.75, 3.05) is 19.8 Å². The molecule has 5 heteroatoms. The van der Waals surface area contributed by atoms with Gasteiger partial charge in [-0.3, -0.25) is 4.98 Å². The van der Waals surface area contributed by atoms with Gasteiger partial charge in [-0.25, -0.2) is 0 Å². The Hall–Kier alpha value is -1.58. The van der Waals surface area contributed by atoms with E-state index in [1.165, 1.54) is 5.56 Å². The van der Waals surface area contributed by atoms with Crippen molar-refractivity contribution < 1.29 is 4.74 Å². The van der Waals surface area contributed by atoms with Gasteiger partial charge in [-0.2, -0.15) is 0 Å². The van der Waals surface area contributed by atoms with Gasteiger partial charge in [0.05, 0.1) is 0 Å². The molecule has 1 heterocycles. The van der Waals surface area contributed by atoms with E-state index in [9.17, 15) is 0 Å². The van der Waals surface area contributed by atoms with Crippen molar-refractivity contribution in [3.05, 3.63) is 40.5 Å². The van der Waals surface area contributed by atoms with E-state index in [4.69, 9.17) is 10.3 Å². The van der Waals surface area contributed by atoms with E-state index in [0.29, 0.717) is 6.54 Å². The zero-order valence-electron chi connectivity index (χ0n) is 11.4. The minimum atomic E-state index is 0.614. The van der Waals surface area contributed by atoms with Crippen molar-refractivity contribution in [1.82, 2.24) is 4.98 Å². The van der Waals surface area contributed by atoms with Gasteiger partial charge < -0.3 is 4.74 Å². The summed E-state index contributed by atoms with van der Waals surface area (Å²) in [5.74, 6) is 0. The highest BCUT2D eigenvalue weighted by atomic mass is 16.5. The van der Waals surface area contributed by atoms with Gasteiger partial charge in [-0.05, 0) is 42.8 Å². The van der Waals surface area contributed by atoms with Gasteiger partial charge in [0, 0.05) is 37.1 Å². The molecule has 0 atom stereocenters. The summed E-state index contributed by atoms with van der Waals surface area (Å²) in [5, 5.41) is 3.50. The summed E-state index contributed by atoms with van der Waals surface area (Å²) in [7, 11) is 0. The largest absolute Gasteiger partial charge is 0.381 e. The SMILES string of the molecule is [N-]=[N+]=NCCCCCCOCCCc1cccnc1. The van der Waals surface area contributed by atoms with Crippen LogP contribution in [0.1, 0.15) is 37.7 Å². The number of aromatic nitrogens is 1. The Labute approximate surface area is 114 Å². The van der Waals surface area contributed by atoms with Crippen LogP contribution < -0.4 is 0 Å². The van der Waals surface area contributed by atoms with Gasteiger partial charge in [0.15, 0.2) is 0 Å². The van der Waals surface area contributed by atoms with E-state index in [0.717, 1.165) is 51.7 Å². The molecule has 0 aliphatic carbocycles. The lowest BCUT2D eigenvalue weighted by Gasteiger charge is -2.04. The van der Waals surface area contributed by atoms with Crippen molar-refractivity contribution in [1.29, 1.82) is 0 Å². The quantitative estimate of drug-likeness (QED) is 0.262. The molecule has 1 aromatic rings. The highest BCUT2D eigenvalue weighted by molar-refractivity contribution is 5.08. The Morgan fingerprint density at radius 3 is 2.79 bits per heavy atom. The third-order valence-corrected chi connectivity index (χ3v) is 2.84. The summed E-state index contributed by atoms with van der Waals surface area (Å²) in [6.07, 6.45) is 10.1. The number of rotatable bonds is 11. The first-order chi connectivity index (χ1) is 9.43. The van der Waals surface area contributed by atoms with Gasteiger partial charge in [-0.1, -0.05) is 24.0 Å². The van der Waals surface area contributed by atoms with E-state index >= 15 is 0 Å². The fourth-order valence-electron chi connectivity index (χ4n) is 1.81. The summed E-state index contributed by atoms with van der Waals surface area (Å²) in [6.45, 7) is 2.25. The molecular weight excluding hydrogens is 240 g/mol. The average Bonchev–Trinajstić information content (AvgIpc) is 2.46. The molecule has 0 aliphatic heterocycles. The average molecular weight is 262 g/mol. The third-order valence-electron chi connectivity index (χ3n) is 2.84. The van der Waals surface area contributed by atoms with Crippen LogP contribution in [-0.4, -0.2) is 24.7 Å². The number of hydrogen-bond acceptors (Lipinski definition) is 3. The van der Waals surface area contributed by atoms with Gasteiger partial charge in [0.2, 0.25) is 0 Å². The first-order valence-electron chi connectivity index (χ1n) is 6.91. The van der Waals surface area contributed by atoms with Crippen molar-refractivity contribution in [2.45, 2.75) is 38.5 Å². The molecule has 0 unspecified atom stereocenters. The summed E-state index contributed by atoms with van der Waals surface area (Å²) in [6, 6.07) is 4.06. The van der Waals surface area contributed by atoms with Crippen LogP contribution in [0.15, 0.2) is 29.6 Å². The van der Waals surface area contributed by atoms with Crippen LogP contribution in [-0.2, 0) is 11.2 Å². The number of hydrogen-bond donors (Lipinski definition) is 0. The summed E-state index contributed by atoms with van der Waals surface area (Å²) >= 11 is 0. The van der Waals surface area contributed by atoms with E-state index in [2.05, 4.69) is 21.1 Å². The summed E-state index contributed by atoms with van der Waals surface area (Å²) in [4.78, 5) is 6.81. The predicted octanol–water partition coefficient (Wildman–Crippen LogP) is 3.90. The molecule has 1 rings (SSSR count). The summed E-state index contributed by atoms with van der Waals surface area (Å²) < 4.78 is 5.58. The molecule has 0 spiro atoms. The van der Waals surface area contributed by atoms with Gasteiger partial charge >= 0.3 is 0 Å². The molecule has 0 fully saturated rings. The second-order valence-electron chi connectivity index (χ2n) is 4.45. The first kappa shape index (κ1) is 15.5. The molecule has 0 bridgehead atoms. The lowest BCUT2D eigenvalue weighted by atomic mass is 10.2. The van der Waals surface area contributed by atoms with Gasteiger partial charge in [-0.15, -0.1) is 0 Å². The molecule has 0 saturated heterocycles. The van der Waals surface area contributed by atoms with Crippen LogP contribution in [0.4, 0.5) is 0 Å². The molecular formula is C14H22N4O. The normalized spacial score (nSPS) is 10.1. The Morgan fingerprint density at radius 1 is 1.16 bits per heavy atom. The molecule has 0 aliphatic rings. The molecule has 0 radical (unpaired) electrons. The van der Waals surface area contributed by atoms with Gasteiger partial charge in [0.1, 0.15) is 0 Å². The van der Waals surface area contributed by atoms with Crippen molar-refractivity contribution in [2.24, 2.45) is 5.11 Å². The smallest absolute Gasteiger partial charge is 0.0469 e. The van der Waals surface area contributed by atoms with Crippen LogP contribution in [0.25, 0.3) is 10.4 Å². The van der Waals surface area contributed by atoms with Gasteiger partial charge in [0.25, 0.3) is 0 Å². The highest BCUT2D eigenvalue weighted by Gasteiger charge is 1.94. The number of unbranched alkanes of at least 4 members (excludes halogenated alkanes) is 3. The summed E-state index contributed by atoms with van der Waals surface area (Å²) in [5.41, 5.74) is 9.37. The molecule has 0 aromatic carbocycles. The molecule has 0 saturated carbocycles. The molecule has 1 aromatic heterocycles. The number of azide groups is 1. The van der Waals surface area contributed by atoms with Crippen LogP contribution >= 0.6 is 0 Å². The van der Waals surface area contributed by atoms with Crippen molar-refractivity contribution >= 4 is 0 Å². The monoisotopic (exact) mass is 262 g/mol. The fourth-order valence-corrected chi connectivity index (χ4v) is 1.81. The number of nitrogens with zero attached hydrogens (tertiary/aromatic N) is 4. The number of aryl methyl sites for hydroxylation is 1. The topological polar surface area (TPSA) is 70.9 Å². The maximum atomic E-state index is 8.11. The van der Waals surface area contributed by atoms with Crippen LogP contribution in [0, 0.1) is 0 Å². The fraction of sp³-hybridized carbons (Fsp3) is 0.643. The molecule has 19 heavy (non-hydrogen) atoms. The first-order valence-corrected chi connectivity index (χ1v) is 6.91. The lowest BCUT2D eigenvalue weighted by Crippen LogP contribution is -1.99. The Kier molecular flexibility index (Phi) is 9.37. The third kappa shape index (κ3) is 9.05. The van der Waals surface area contributed by atoms with Crippen LogP contribution in [0.3, 0.4) is 0 Å². The Balaban J connectivity index is 1.82. The van der Waals surface area contributed by atoms with Crippen LogP contribution in [0.5, 0.6) is 0 Å². The molecule has 0 N–H and O–H groups in total. The zero-order chi connectivity index (χ0) is 13.6. The highest BCUT2D eigenvalue weighted by Crippen LogP contribution is 2.03.